The molecule has 8 nitrogen and oxygen atoms in total. The van der Waals surface area contributed by atoms with Crippen LogP contribution in [-0.2, 0) is 14.8 Å². The number of carboxylic acid groups (broad SMARTS) is 1. The van der Waals surface area contributed by atoms with Gasteiger partial charge in [-0.1, -0.05) is 11.3 Å². The fourth-order valence-electron chi connectivity index (χ4n) is 1.25. The number of aryl methyl sites for hydroxylation is 1. The van der Waals surface area contributed by atoms with Gasteiger partial charge in [0.25, 0.3) is 10.0 Å². The highest BCUT2D eigenvalue weighted by atomic mass is 32.2. The van der Waals surface area contributed by atoms with Crippen molar-refractivity contribution in [2.24, 2.45) is 0 Å². The standard InChI is InChI=1S/C8H12N2O6S2/c1-4-7(17-8(14)9-4)18(15,16)10-5(2-3-11)6(12)13/h5,10-11H,2-3H2,1H3,(H,9,14)(H,12,13)/t5-/m0/s1. The van der Waals surface area contributed by atoms with E-state index >= 15 is 0 Å². The van der Waals surface area contributed by atoms with E-state index in [0.29, 0.717) is 11.3 Å². The van der Waals surface area contributed by atoms with Crippen molar-refractivity contribution in [1.82, 2.24) is 9.71 Å². The number of aromatic nitrogens is 1. The lowest BCUT2D eigenvalue weighted by Gasteiger charge is -2.12. The molecule has 0 saturated carbocycles. The van der Waals surface area contributed by atoms with Crippen LogP contribution in [0.2, 0.25) is 0 Å². The lowest BCUT2D eigenvalue weighted by molar-refractivity contribution is -0.139. The number of carbonyl (C=O) groups is 1. The Labute approximate surface area is 106 Å². The Hall–Kier alpha value is -1.23. The molecule has 1 heterocycles. The molecule has 0 aliphatic heterocycles. The van der Waals surface area contributed by atoms with Crippen LogP contribution in [-0.4, -0.2) is 42.2 Å². The highest BCUT2D eigenvalue weighted by Gasteiger charge is 2.27. The van der Waals surface area contributed by atoms with Crippen LogP contribution in [0.4, 0.5) is 0 Å². The van der Waals surface area contributed by atoms with Crippen molar-refractivity contribution in [2.75, 3.05) is 6.61 Å². The summed E-state index contributed by atoms with van der Waals surface area (Å²) >= 11 is 0.476. The molecular weight excluding hydrogens is 284 g/mol. The number of aliphatic carboxylic acids is 1. The van der Waals surface area contributed by atoms with Gasteiger partial charge in [-0.2, -0.15) is 4.72 Å². The summed E-state index contributed by atoms with van der Waals surface area (Å²) in [7, 11) is -4.09. The fourth-order valence-corrected chi connectivity index (χ4v) is 3.79. The second-order valence-corrected chi connectivity index (χ2v) is 6.34. The molecule has 0 aliphatic rings. The van der Waals surface area contributed by atoms with Gasteiger partial charge in [-0.05, 0) is 13.3 Å². The molecule has 0 spiro atoms. The predicted octanol–water partition coefficient (Wildman–Crippen LogP) is -1.14. The van der Waals surface area contributed by atoms with E-state index in [1.54, 1.807) is 0 Å². The number of rotatable bonds is 6. The van der Waals surface area contributed by atoms with Crippen LogP contribution in [0.1, 0.15) is 12.1 Å². The van der Waals surface area contributed by atoms with Gasteiger partial charge in [0.15, 0.2) is 4.21 Å². The van der Waals surface area contributed by atoms with E-state index in [1.165, 1.54) is 6.92 Å². The summed E-state index contributed by atoms with van der Waals surface area (Å²) in [5.41, 5.74) is 0.144. The van der Waals surface area contributed by atoms with Crippen LogP contribution in [0.25, 0.3) is 0 Å². The first-order valence-electron chi connectivity index (χ1n) is 4.83. The van der Waals surface area contributed by atoms with Crippen molar-refractivity contribution in [3.8, 4) is 0 Å². The number of hydrogen-bond donors (Lipinski definition) is 4. The van der Waals surface area contributed by atoms with Gasteiger partial charge < -0.3 is 15.2 Å². The molecule has 18 heavy (non-hydrogen) atoms. The summed E-state index contributed by atoms with van der Waals surface area (Å²) in [6.45, 7) is 0.927. The molecule has 4 N–H and O–H groups in total. The number of nitrogens with one attached hydrogen (secondary N) is 2. The minimum atomic E-state index is -4.09. The van der Waals surface area contributed by atoms with E-state index in [-0.39, 0.29) is 16.3 Å². The zero-order valence-corrected chi connectivity index (χ0v) is 11.0. The van der Waals surface area contributed by atoms with Crippen LogP contribution < -0.4 is 9.60 Å². The molecule has 0 amide bonds. The third-order valence-electron chi connectivity index (χ3n) is 2.04. The van der Waals surface area contributed by atoms with Crippen molar-refractivity contribution in [2.45, 2.75) is 23.6 Å². The lowest BCUT2D eigenvalue weighted by atomic mass is 10.2. The van der Waals surface area contributed by atoms with Gasteiger partial charge in [0.1, 0.15) is 6.04 Å². The maximum Gasteiger partial charge on any atom is 0.321 e. The van der Waals surface area contributed by atoms with E-state index in [2.05, 4.69) is 4.98 Å². The molecule has 102 valence electrons. The summed E-state index contributed by atoms with van der Waals surface area (Å²) in [4.78, 5) is 23.6. The summed E-state index contributed by atoms with van der Waals surface area (Å²) in [5.74, 6) is -1.40. The molecular formula is C8H12N2O6S2. The molecule has 10 heteroatoms. The van der Waals surface area contributed by atoms with Gasteiger partial charge in [-0.25, -0.2) is 8.42 Å². The van der Waals surface area contributed by atoms with Crippen LogP contribution >= 0.6 is 11.3 Å². The van der Waals surface area contributed by atoms with Gasteiger partial charge in [0, 0.05) is 12.3 Å². The summed E-state index contributed by atoms with van der Waals surface area (Å²) in [5, 5.41) is 17.4. The molecule has 0 radical (unpaired) electrons. The Morgan fingerprint density at radius 3 is 2.56 bits per heavy atom. The molecule has 0 bridgehead atoms. The van der Waals surface area contributed by atoms with Crippen molar-refractivity contribution in [3.05, 3.63) is 15.4 Å². The first-order chi connectivity index (χ1) is 8.27. The van der Waals surface area contributed by atoms with E-state index < -0.39 is 33.5 Å². The van der Waals surface area contributed by atoms with Crippen LogP contribution in [0, 0.1) is 6.92 Å². The molecule has 1 atom stereocenters. The SMILES string of the molecule is Cc1[nH]c(=O)sc1S(=O)(=O)N[C@@H](CCO)C(=O)O. The fraction of sp³-hybridized carbons (Fsp3) is 0.500. The van der Waals surface area contributed by atoms with E-state index in [0.717, 1.165) is 0 Å². The summed E-state index contributed by atoms with van der Waals surface area (Å²) in [6, 6.07) is -1.43. The normalized spacial score (nSPS) is 13.4. The zero-order valence-electron chi connectivity index (χ0n) is 9.34. The van der Waals surface area contributed by atoms with Crippen molar-refractivity contribution < 1.29 is 23.4 Å². The quantitative estimate of drug-likeness (QED) is 0.523. The van der Waals surface area contributed by atoms with Crippen molar-refractivity contribution in [3.63, 3.8) is 0 Å². The lowest BCUT2D eigenvalue weighted by Crippen LogP contribution is -2.41. The number of carboxylic acids is 1. The third kappa shape index (κ3) is 3.38. The molecule has 0 unspecified atom stereocenters. The molecule has 1 rings (SSSR count). The average molecular weight is 296 g/mol. The van der Waals surface area contributed by atoms with Crippen LogP contribution in [0.15, 0.2) is 9.00 Å². The highest BCUT2D eigenvalue weighted by Crippen LogP contribution is 2.16. The zero-order chi connectivity index (χ0) is 13.9. The number of aliphatic hydroxyl groups is 1. The topological polar surface area (TPSA) is 137 Å². The average Bonchev–Trinajstić information content (AvgIpc) is 2.57. The van der Waals surface area contributed by atoms with Crippen molar-refractivity contribution in [1.29, 1.82) is 0 Å². The second-order valence-electron chi connectivity index (χ2n) is 3.45. The molecule has 0 aliphatic carbocycles. The maximum absolute atomic E-state index is 11.9. The van der Waals surface area contributed by atoms with Gasteiger partial charge in [0.05, 0.1) is 0 Å². The largest absolute Gasteiger partial charge is 0.480 e. The second kappa shape index (κ2) is 5.61. The number of aromatic amines is 1. The monoisotopic (exact) mass is 296 g/mol. The van der Waals surface area contributed by atoms with E-state index in [4.69, 9.17) is 10.2 Å². The minimum Gasteiger partial charge on any atom is -0.480 e. The Kier molecular flexibility index (Phi) is 4.62. The number of aliphatic hydroxyl groups excluding tert-OH is 1. The first-order valence-corrected chi connectivity index (χ1v) is 7.13. The summed E-state index contributed by atoms with van der Waals surface area (Å²) < 4.78 is 25.4. The van der Waals surface area contributed by atoms with E-state index in [9.17, 15) is 18.0 Å². The molecule has 1 aromatic rings. The van der Waals surface area contributed by atoms with Gasteiger partial charge >= 0.3 is 10.8 Å². The number of hydrogen-bond acceptors (Lipinski definition) is 6. The molecule has 0 aromatic carbocycles. The minimum absolute atomic E-state index is 0.144. The van der Waals surface area contributed by atoms with Crippen LogP contribution in [0.3, 0.4) is 0 Å². The van der Waals surface area contributed by atoms with E-state index in [1.807, 2.05) is 4.72 Å². The third-order valence-corrected chi connectivity index (χ3v) is 5.11. The number of H-pyrrole nitrogens is 1. The Morgan fingerprint density at radius 1 is 1.56 bits per heavy atom. The Morgan fingerprint density at radius 2 is 2.17 bits per heavy atom. The Balaban J connectivity index is 3.04. The first kappa shape index (κ1) is 14.8. The maximum atomic E-state index is 11.9. The molecule has 0 fully saturated rings. The van der Waals surface area contributed by atoms with Gasteiger partial charge in [0.2, 0.25) is 0 Å². The summed E-state index contributed by atoms with van der Waals surface area (Å²) in [6.07, 6.45) is -0.257. The molecule has 0 saturated heterocycles. The number of thiazole rings is 1. The predicted molar refractivity (Wildman–Crippen MR) is 63.1 cm³/mol. The van der Waals surface area contributed by atoms with Gasteiger partial charge in [-0.3, -0.25) is 9.59 Å². The molecule has 1 aromatic heterocycles. The highest BCUT2D eigenvalue weighted by molar-refractivity contribution is 7.91. The van der Waals surface area contributed by atoms with Crippen LogP contribution in [0.5, 0.6) is 0 Å². The smallest absolute Gasteiger partial charge is 0.321 e. The van der Waals surface area contributed by atoms with Crippen molar-refractivity contribution >= 4 is 27.3 Å². The van der Waals surface area contributed by atoms with Gasteiger partial charge in [-0.15, -0.1) is 0 Å². The number of sulfonamides is 1. The Bertz CT molecular complexity index is 587.